The molecule has 4 heteroatoms. The molecule has 1 heterocycles. The molecule has 4 nitrogen and oxygen atoms in total. The monoisotopic (exact) mass is 249 g/mol. The summed E-state index contributed by atoms with van der Waals surface area (Å²) in [5.74, 6) is -0.0987. The van der Waals surface area contributed by atoms with Crippen LogP contribution < -0.4 is 10.6 Å². The van der Waals surface area contributed by atoms with E-state index in [1.165, 1.54) is 0 Å². The van der Waals surface area contributed by atoms with Crippen molar-refractivity contribution in [1.29, 1.82) is 0 Å². The Labute approximate surface area is 109 Å². The van der Waals surface area contributed by atoms with Crippen LogP contribution in [0.25, 0.3) is 0 Å². The maximum absolute atomic E-state index is 12.0. The molecule has 2 N–H and O–H groups in total. The summed E-state index contributed by atoms with van der Waals surface area (Å²) in [5.41, 5.74) is 1.40. The molecule has 1 atom stereocenters. The Balaban J connectivity index is 2.57. The highest BCUT2D eigenvalue weighted by molar-refractivity contribution is 5.93. The molecule has 0 saturated heterocycles. The van der Waals surface area contributed by atoms with Crippen LogP contribution in [0.2, 0.25) is 0 Å². The van der Waals surface area contributed by atoms with Crippen molar-refractivity contribution >= 4 is 11.6 Å². The Morgan fingerprint density at radius 2 is 2.22 bits per heavy atom. The molecule has 1 amide bonds. The molecular weight excluding hydrogens is 226 g/mol. The molecule has 0 aliphatic carbocycles. The molecule has 100 valence electrons. The van der Waals surface area contributed by atoms with Gasteiger partial charge in [0.05, 0.1) is 0 Å². The summed E-state index contributed by atoms with van der Waals surface area (Å²) >= 11 is 0. The largest absolute Gasteiger partial charge is 0.385 e. The second-order valence-corrected chi connectivity index (χ2v) is 4.48. The lowest BCUT2D eigenvalue weighted by Gasteiger charge is -2.13. The van der Waals surface area contributed by atoms with E-state index in [1.54, 1.807) is 12.3 Å². The first kappa shape index (κ1) is 14.5. The number of amides is 1. The molecule has 1 rings (SSSR count). The first-order valence-corrected chi connectivity index (χ1v) is 6.68. The number of rotatable bonds is 7. The van der Waals surface area contributed by atoms with Gasteiger partial charge in [-0.25, -0.2) is 0 Å². The fraction of sp³-hybridized carbons (Fsp3) is 0.571. The van der Waals surface area contributed by atoms with Crippen molar-refractivity contribution in [2.24, 2.45) is 0 Å². The van der Waals surface area contributed by atoms with Crippen molar-refractivity contribution in [1.82, 2.24) is 10.3 Å². The van der Waals surface area contributed by atoms with Crippen molar-refractivity contribution < 1.29 is 4.79 Å². The third-order valence-electron chi connectivity index (χ3n) is 2.74. The average molecular weight is 249 g/mol. The summed E-state index contributed by atoms with van der Waals surface area (Å²) in [6.07, 6.45) is 4.94. The maximum Gasteiger partial charge on any atom is 0.270 e. The second kappa shape index (κ2) is 7.69. The third kappa shape index (κ3) is 4.73. The molecule has 1 aromatic rings. The Morgan fingerprint density at radius 3 is 2.89 bits per heavy atom. The number of nitrogens with one attached hydrogen (secondary N) is 2. The molecular formula is C14H23N3O. The fourth-order valence-corrected chi connectivity index (χ4v) is 1.75. The smallest absolute Gasteiger partial charge is 0.270 e. The number of nitrogens with zero attached hydrogens (tertiary/aromatic N) is 1. The minimum Gasteiger partial charge on any atom is -0.385 e. The van der Waals surface area contributed by atoms with Crippen molar-refractivity contribution in [3.8, 4) is 0 Å². The second-order valence-electron chi connectivity index (χ2n) is 4.48. The Bertz CT molecular complexity index is 379. The molecule has 0 aliphatic rings. The van der Waals surface area contributed by atoms with E-state index >= 15 is 0 Å². The van der Waals surface area contributed by atoms with Gasteiger partial charge in [-0.3, -0.25) is 9.78 Å². The standard InChI is InChI=1S/C14H23N3O/c1-4-6-7-11(3)17-14(18)13-10-12(15-5-2)8-9-16-13/h8-11H,4-7H2,1-3H3,(H,15,16)(H,17,18). The van der Waals surface area contributed by atoms with Gasteiger partial charge in [0.1, 0.15) is 5.69 Å². The Morgan fingerprint density at radius 1 is 1.44 bits per heavy atom. The van der Waals surface area contributed by atoms with E-state index in [0.717, 1.165) is 31.5 Å². The van der Waals surface area contributed by atoms with Gasteiger partial charge in [0.25, 0.3) is 5.91 Å². The molecule has 0 aromatic carbocycles. The van der Waals surface area contributed by atoms with Crippen LogP contribution >= 0.6 is 0 Å². The predicted molar refractivity (Wildman–Crippen MR) is 74.9 cm³/mol. The molecule has 0 bridgehead atoms. The third-order valence-corrected chi connectivity index (χ3v) is 2.74. The van der Waals surface area contributed by atoms with Crippen LogP contribution in [0.3, 0.4) is 0 Å². The summed E-state index contributed by atoms with van der Waals surface area (Å²) in [6.45, 7) is 7.03. The van der Waals surface area contributed by atoms with Crippen LogP contribution in [0, 0.1) is 0 Å². The number of anilines is 1. The van der Waals surface area contributed by atoms with E-state index in [9.17, 15) is 4.79 Å². The normalized spacial score (nSPS) is 11.9. The molecule has 1 aromatic heterocycles. The van der Waals surface area contributed by atoms with E-state index in [0.29, 0.717) is 5.69 Å². The molecule has 1 unspecified atom stereocenters. The van der Waals surface area contributed by atoms with Gasteiger partial charge in [0.2, 0.25) is 0 Å². The quantitative estimate of drug-likeness (QED) is 0.781. The summed E-state index contributed by atoms with van der Waals surface area (Å²) in [7, 11) is 0. The first-order chi connectivity index (χ1) is 8.67. The zero-order chi connectivity index (χ0) is 13.4. The van der Waals surface area contributed by atoms with E-state index < -0.39 is 0 Å². The number of pyridine rings is 1. The van der Waals surface area contributed by atoms with Gasteiger partial charge < -0.3 is 10.6 Å². The SMILES string of the molecule is CCCCC(C)NC(=O)c1cc(NCC)ccn1. The summed E-state index contributed by atoms with van der Waals surface area (Å²) in [4.78, 5) is 16.1. The molecule has 18 heavy (non-hydrogen) atoms. The minimum absolute atomic E-state index is 0.0987. The highest BCUT2D eigenvalue weighted by Gasteiger charge is 2.10. The Kier molecular flexibility index (Phi) is 6.19. The van der Waals surface area contributed by atoms with Gasteiger partial charge in [0.15, 0.2) is 0 Å². The van der Waals surface area contributed by atoms with Crippen molar-refractivity contribution in [3.05, 3.63) is 24.0 Å². The van der Waals surface area contributed by atoms with Gasteiger partial charge in [-0.15, -0.1) is 0 Å². The van der Waals surface area contributed by atoms with Crippen LogP contribution in [-0.4, -0.2) is 23.5 Å². The maximum atomic E-state index is 12.0. The van der Waals surface area contributed by atoms with Gasteiger partial charge in [-0.05, 0) is 32.4 Å². The topological polar surface area (TPSA) is 54.0 Å². The van der Waals surface area contributed by atoms with Gasteiger partial charge >= 0.3 is 0 Å². The molecule has 0 aliphatic heterocycles. The van der Waals surface area contributed by atoms with E-state index in [1.807, 2.05) is 19.9 Å². The number of carbonyl (C=O) groups excluding carboxylic acids is 1. The van der Waals surface area contributed by atoms with E-state index in [4.69, 9.17) is 0 Å². The van der Waals surface area contributed by atoms with Crippen LogP contribution in [0.4, 0.5) is 5.69 Å². The van der Waals surface area contributed by atoms with Gasteiger partial charge in [-0.1, -0.05) is 19.8 Å². The number of aromatic nitrogens is 1. The lowest BCUT2D eigenvalue weighted by atomic mass is 10.1. The molecule has 0 spiro atoms. The zero-order valence-corrected chi connectivity index (χ0v) is 11.5. The van der Waals surface area contributed by atoms with Gasteiger partial charge in [0, 0.05) is 24.5 Å². The zero-order valence-electron chi connectivity index (χ0n) is 11.5. The van der Waals surface area contributed by atoms with E-state index in [2.05, 4.69) is 22.5 Å². The summed E-state index contributed by atoms with van der Waals surface area (Å²) in [5, 5.41) is 6.14. The van der Waals surface area contributed by atoms with Crippen molar-refractivity contribution in [3.63, 3.8) is 0 Å². The van der Waals surface area contributed by atoms with Crippen LogP contribution in [0.1, 0.15) is 50.5 Å². The fourth-order valence-electron chi connectivity index (χ4n) is 1.75. The molecule has 0 fully saturated rings. The van der Waals surface area contributed by atoms with Crippen LogP contribution in [-0.2, 0) is 0 Å². The average Bonchev–Trinajstić information content (AvgIpc) is 2.37. The van der Waals surface area contributed by atoms with Crippen LogP contribution in [0.5, 0.6) is 0 Å². The number of hydrogen-bond acceptors (Lipinski definition) is 3. The summed E-state index contributed by atoms with van der Waals surface area (Å²) < 4.78 is 0. The van der Waals surface area contributed by atoms with Crippen molar-refractivity contribution in [2.45, 2.75) is 46.1 Å². The number of unbranched alkanes of at least 4 members (excludes halogenated alkanes) is 1. The molecule has 0 radical (unpaired) electrons. The van der Waals surface area contributed by atoms with Crippen molar-refractivity contribution in [2.75, 3.05) is 11.9 Å². The first-order valence-electron chi connectivity index (χ1n) is 6.68. The lowest BCUT2D eigenvalue weighted by molar-refractivity contribution is 0.0933. The molecule has 0 saturated carbocycles. The minimum atomic E-state index is -0.0987. The number of carbonyl (C=O) groups is 1. The lowest BCUT2D eigenvalue weighted by Crippen LogP contribution is -2.33. The summed E-state index contributed by atoms with van der Waals surface area (Å²) in [6, 6.07) is 3.84. The van der Waals surface area contributed by atoms with Gasteiger partial charge in [-0.2, -0.15) is 0 Å². The Hall–Kier alpha value is -1.58. The van der Waals surface area contributed by atoms with Crippen LogP contribution in [0.15, 0.2) is 18.3 Å². The highest BCUT2D eigenvalue weighted by atomic mass is 16.1. The predicted octanol–water partition coefficient (Wildman–Crippen LogP) is 2.82. The van der Waals surface area contributed by atoms with E-state index in [-0.39, 0.29) is 11.9 Å². The highest BCUT2D eigenvalue weighted by Crippen LogP contribution is 2.08. The number of hydrogen-bond donors (Lipinski definition) is 2.